The summed E-state index contributed by atoms with van der Waals surface area (Å²) in [5.74, 6) is 0.339. The van der Waals surface area contributed by atoms with Gasteiger partial charge in [-0.25, -0.2) is 0 Å². The van der Waals surface area contributed by atoms with Gasteiger partial charge in [-0.15, -0.1) is 0 Å². The number of anilines is 6. The minimum absolute atomic E-state index is 0.0329. The van der Waals surface area contributed by atoms with E-state index in [1.807, 2.05) is 0 Å². The van der Waals surface area contributed by atoms with Gasteiger partial charge in [0.1, 0.15) is 0 Å². The molecule has 2 nitrogen and oxygen atoms in total. The molecule has 0 radical (unpaired) electrons. The van der Waals surface area contributed by atoms with Crippen LogP contribution in [-0.2, 0) is 27.1 Å². The molecule has 7 aliphatic rings. The fraction of sp³-hybridized carbons (Fsp3) is 0.204. The first kappa shape index (κ1) is 55.4. The van der Waals surface area contributed by atoms with Gasteiger partial charge < -0.3 is 9.80 Å². The summed E-state index contributed by atoms with van der Waals surface area (Å²) in [7, 11) is 0. The Bertz CT molecular complexity index is 5370. The fourth-order valence-corrected chi connectivity index (χ4v) is 20.7. The number of para-hydroxylation sites is 1. The van der Waals surface area contributed by atoms with E-state index < -0.39 is 0 Å². The van der Waals surface area contributed by atoms with E-state index in [0.29, 0.717) is 5.92 Å². The summed E-state index contributed by atoms with van der Waals surface area (Å²) in [6, 6.07) is 102. The summed E-state index contributed by atoms with van der Waals surface area (Å²) < 4.78 is 0. The molecule has 0 bridgehead atoms. The standard InChI is InChI=1S/C93H76N2/c1-89(2)75-37-18-14-31-67(75)69-44-41-62(53-79(69)89)95(63-42-45-70-68-32-15-19-38-76(68)90(3,4)80(70)54-63)88-66-30-13-11-26-58(66)52-83-85(88)74-34-17-21-40-78(74)93(83)50-47-59(56-93)64-35-24-36-72-71-46-43-61(55-81(71)91(5,6)86(64)72)94(60-27-8-7-9-28-60)87-65-29-12-10-25-57(65)51-82-84(87)73-33-16-20-39-77(73)92(82)48-22-23-49-92/h7-21,24-46,51-55,59H,22-23,47-50,56H2,1-6H3. The lowest BCUT2D eigenvalue weighted by Gasteiger charge is -2.33. The summed E-state index contributed by atoms with van der Waals surface area (Å²) in [5.41, 5.74) is 36.2. The van der Waals surface area contributed by atoms with Crippen molar-refractivity contribution in [2.45, 2.75) is 119 Å². The fourth-order valence-electron chi connectivity index (χ4n) is 20.7. The molecule has 2 heteroatoms. The van der Waals surface area contributed by atoms with Crippen LogP contribution in [0.5, 0.6) is 0 Å². The number of hydrogen-bond acceptors (Lipinski definition) is 2. The average molecular weight is 1220 g/mol. The van der Waals surface area contributed by atoms with Crippen molar-refractivity contribution in [3.63, 3.8) is 0 Å². The summed E-state index contributed by atoms with van der Waals surface area (Å²) in [4.78, 5) is 5.33. The zero-order valence-corrected chi connectivity index (χ0v) is 55.2. The molecule has 13 aromatic carbocycles. The Hall–Kier alpha value is -10.0. The average Bonchev–Trinajstić information content (AvgIpc) is 1.55. The zero-order valence-electron chi connectivity index (χ0n) is 55.2. The van der Waals surface area contributed by atoms with Crippen LogP contribution < -0.4 is 9.80 Å². The SMILES string of the molecule is CC1(C)c2ccccc2-c2ccc(N(c3ccc4c(c3)C(C)(C)c3ccccc3-4)c3c4c(cc5ccccc35)C3(CCC(c5cccc6c5C(C)(C)c5cc(N(c7ccccc7)c7c8c(cc9ccccc79)C7(CCCC7)c7ccccc7-8)ccc5-6)C3)c3ccccc3-4)cc21. The van der Waals surface area contributed by atoms with Crippen LogP contribution in [0.2, 0.25) is 0 Å². The molecule has 0 heterocycles. The van der Waals surface area contributed by atoms with Gasteiger partial charge in [-0.1, -0.05) is 255 Å². The van der Waals surface area contributed by atoms with Crippen molar-refractivity contribution < 1.29 is 0 Å². The monoisotopic (exact) mass is 1220 g/mol. The number of hydrogen-bond donors (Lipinski definition) is 0. The molecule has 0 aromatic heterocycles. The van der Waals surface area contributed by atoms with Crippen molar-refractivity contribution >= 4 is 55.7 Å². The topological polar surface area (TPSA) is 6.48 Å². The second-order valence-corrected chi connectivity index (χ2v) is 30.6. The van der Waals surface area contributed by atoms with E-state index in [-0.39, 0.29) is 27.1 Å². The maximum atomic E-state index is 2.69. The Labute approximate surface area is 559 Å². The van der Waals surface area contributed by atoms with E-state index in [1.165, 1.54) is 198 Å². The van der Waals surface area contributed by atoms with Crippen molar-refractivity contribution in [1.82, 2.24) is 0 Å². The number of benzene rings is 13. The first-order chi connectivity index (χ1) is 46.3. The first-order valence-electron chi connectivity index (χ1n) is 35.1. The van der Waals surface area contributed by atoms with Gasteiger partial charge in [0.2, 0.25) is 0 Å². The maximum Gasteiger partial charge on any atom is 0.0621 e. The van der Waals surface area contributed by atoms with Crippen LogP contribution in [0.1, 0.15) is 154 Å². The van der Waals surface area contributed by atoms with Crippen molar-refractivity contribution in [3.8, 4) is 55.6 Å². The predicted molar refractivity (Wildman–Crippen MR) is 397 cm³/mol. The Morgan fingerprint density at radius 2 is 0.705 bits per heavy atom. The molecule has 13 aromatic rings. The molecule has 0 N–H and O–H groups in total. The highest BCUT2D eigenvalue weighted by Gasteiger charge is 2.53. The van der Waals surface area contributed by atoms with Crippen LogP contribution >= 0.6 is 0 Å². The van der Waals surface area contributed by atoms with Gasteiger partial charge >= 0.3 is 0 Å². The van der Waals surface area contributed by atoms with Crippen LogP contribution in [0.3, 0.4) is 0 Å². The van der Waals surface area contributed by atoms with E-state index in [2.05, 4.69) is 312 Å². The van der Waals surface area contributed by atoms with Gasteiger partial charge in [-0.3, -0.25) is 0 Å². The van der Waals surface area contributed by atoms with E-state index in [0.717, 1.165) is 19.3 Å². The molecular weight excluding hydrogens is 1150 g/mol. The molecule has 0 aliphatic heterocycles. The highest BCUT2D eigenvalue weighted by atomic mass is 15.2. The van der Waals surface area contributed by atoms with Gasteiger partial charge in [0.25, 0.3) is 0 Å². The molecule has 2 atom stereocenters. The molecule has 2 spiro atoms. The lowest BCUT2D eigenvalue weighted by Crippen LogP contribution is -2.23. The number of fused-ring (bicyclic) bond motifs is 21. The number of rotatable bonds is 7. The van der Waals surface area contributed by atoms with Gasteiger partial charge in [0, 0.05) is 71.7 Å². The highest BCUT2D eigenvalue weighted by Crippen LogP contribution is 2.67. The van der Waals surface area contributed by atoms with Gasteiger partial charge in [-0.05, 0) is 215 Å². The quantitative estimate of drug-likeness (QED) is 0.157. The molecule has 0 amide bonds. The van der Waals surface area contributed by atoms with Gasteiger partial charge in [0.15, 0.2) is 0 Å². The smallest absolute Gasteiger partial charge is 0.0621 e. The third-order valence-electron chi connectivity index (χ3n) is 25.0. The normalized spacial score (nSPS) is 19.0. The summed E-state index contributed by atoms with van der Waals surface area (Å²) in [5, 5.41) is 5.17. The minimum Gasteiger partial charge on any atom is -0.309 e. The Morgan fingerprint density at radius 3 is 1.25 bits per heavy atom. The Kier molecular flexibility index (Phi) is 11.4. The van der Waals surface area contributed by atoms with Crippen LogP contribution in [0.15, 0.2) is 261 Å². The van der Waals surface area contributed by atoms with E-state index in [4.69, 9.17) is 0 Å². The van der Waals surface area contributed by atoms with Crippen LogP contribution in [0, 0.1) is 0 Å². The third-order valence-corrected chi connectivity index (χ3v) is 25.0. The van der Waals surface area contributed by atoms with Crippen LogP contribution in [0.4, 0.5) is 34.1 Å². The second-order valence-electron chi connectivity index (χ2n) is 30.6. The lowest BCUT2D eigenvalue weighted by atomic mass is 9.73. The largest absolute Gasteiger partial charge is 0.309 e. The molecule has 458 valence electrons. The molecule has 20 rings (SSSR count). The summed E-state index contributed by atoms with van der Waals surface area (Å²) in [6.07, 6.45) is 8.13. The van der Waals surface area contributed by atoms with E-state index >= 15 is 0 Å². The van der Waals surface area contributed by atoms with Crippen molar-refractivity contribution in [1.29, 1.82) is 0 Å². The van der Waals surface area contributed by atoms with E-state index in [9.17, 15) is 0 Å². The molecule has 2 fully saturated rings. The number of nitrogens with zero attached hydrogens (tertiary/aromatic N) is 2. The first-order valence-corrected chi connectivity index (χ1v) is 35.1. The molecular formula is C93H76N2. The summed E-state index contributed by atoms with van der Waals surface area (Å²) >= 11 is 0. The third kappa shape index (κ3) is 7.36. The van der Waals surface area contributed by atoms with E-state index in [1.54, 1.807) is 0 Å². The van der Waals surface area contributed by atoms with Crippen molar-refractivity contribution in [2.75, 3.05) is 9.80 Å². The maximum absolute atomic E-state index is 2.69. The van der Waals surface area contributed by atoms with Crippen LogP contribution in [-0.4, -0.2) is 0 Å². The molecule has 0 saturated heterocycles. The highest BCUT2D eigenvalue weighted by molar-refractivity contribution is 6.12. The van der Waals surface area contributed by atoms with Gasteiger partial charge in [-0.2, -0.15) is 0 Å². The lowest BCUT2D eigenvalue weighted by molar-refractivity contribution is 0.536. The van der Waals surface area contributed by atoms with Crippen molar-refractivity contribution in [3.05, 3.63) is 322 Å². The summed E-state index contributed by atoms with van der Waals surface area (Å²) in [6.45, 7) is 14.8. The van der Waals surface area contributed by atoms with Crippen LogP contribution in [0.25, 0.3) is 77.2 Å². The zero-order chi connectivity index (χ0) is 63.5. The predicted octanol–water partition coefficient (Wildman–Crippen LogP) is 24.9. The minimum atomic E-state index is -0.274. The molecule has 2 saturated carbocycles. The van der Waals surface area contributed by atoms with Crippen molar-refractivity contribution in [2.24, 2.45) is 0 Å². The van der Waals surface area contributed by atoms with Gasteiger partial charge in [0.05, 0.1) is 11.4 Å². The molecule has 95 heavy (non-hydrogen) atoms. The Morgan fingerprint density at radius 1 is 0.295 bits per heavy atom. The second kappa shape index (κ2) is 19.6. The molecule has 7 aliphatic carbocycles. The molecule has 2 unspecified atom stereocenters. The Balaban J connectivity index is 0.738.